The number of hydrogen-bond acceptors (Lipinski definition) is 2. The van der Waals surface area contributed by atoms with Crippen molar-refractivity contribution in [1.82, 2.24) is 4.90 Å². The van der Waals surface area contributed by atoms with Crippen LogP contribution in [0.15, 0.2) is 0 Å². The van der Waals surface area contributed by atoms with Crippen LogP contribution in [0.25, 0.3) is 0 Å². The molecular formula is C16H32N2. The van der Waals surface area contributed by atoms with Gasteiger partial charge in [-0.3, -0.25) is 0 Å². The van der Waals surface area contributed by atoms with Crippen LogP contribution in [-0.2, 0) is 0 Å². The Hall–Kier alpha value is -0.0800. The van der Waals surface area contributed by atoms with Crippen molar-refractivity contribution >= 4 is 0 Å². The number of nitrogens with zero attached hydrogens (tertiary/aromatic N) is 1. The Kier molecular flexibility index (Phi) is 4.71. The van der Waals surface area contributed by atoms with E-state index >= 15 is 0 Å². The van der Waals surface area contributed by atoms with Gasteiger partial charge in [-0.1, -0.05) is 20.8 Å². The minimum absolute atomic E-state index is 0.440. The Morgan fingerprint density at radius 3 is 2.11 bits per heavy atom. The van der Waals surface area contributed by atoms with Crippen LogP contribution in [-0.4, -0.2) is 30.1 Å². The van der Waals surface area contributed by atoms with Crippen LogP contribution in [0.3, 0.4) is 0 Å². The smallest absolute Gasteiger partial charge is 0.00989 e. The van der Waals surface area contributed by atoms with Crippen LogP contribution in [0.5, 0.6) is 0 Å². The molecule has 0 aliphatic carbocycles. The van der Waals surface area contributed by atoms with E-state index in [0.717, 1.165) is 29.8 Å². The van der Waals surface area contributed by atoms with E-state index in [9.17, 15) is 0 Å². The molecule has 2 heteroatoms. The lowest BCUT2D eigenvalue weighted by Crippen LogP contribution is -2.45. The lowest BCUT2D eigenvalue weighted by Gasteiger charge is -2.39. The molecule has 2 heterocycles. The summed E-state index contributed by atoms with van der Waals surface area (Å²) in [7, 11) is 2.31. The van der Waals surface area contributed by atoms with Gasteiger partial charge < -0.3 is 10.6 Å². The van der Waals surface area contributed by atoms with Crippen molar-refractivity contribution in [2.45, 2.75) is 77.4 Å². The predicted molar refractivity (Wildman–Crippen MR) is 78.5 cm³/mol. The molecule has 2 rings (SSSR count). The van der Waals surface area contributed by atoms with Crippen LogP contribution >= 0.6 is 0 Å². The quantitative estimate of drug-likeness (QED) is 0.814. The highest BCUT2D eigenvalue weighted by Crippen LogP contribution is 2.39. The number of nitrogens with two attached hydrogens (primary N) is 1. The highest BCUT2D eigenvalue weighted by molar-refractivity contribution is 4.96. The number of fused-ring (bicyclic) bond motifs is 2. The van der Waals surface area contributed by atoms with E-state index in [1.165, 1.54) is 38.5 Å². The van der Waals surface area contributed by atoms with Crippen molar-refractivity contribution in [3.05, 3.63) is 0 Å². The van der Waals surface area contributed by atoms with Gasteiger partial charge in [0.15, 0.2) is 0 Å². The summed E-state index contributed by atoms with van der Waals surface area (Å²) in [4.78, 5) is 2.61. The van der Waals surface area contributed by atoms with Gasteiger partial charge in [0.05, 0.1) is 0 Å². The lowest BCUT2D eigenvalue weighted by atomic mass is 9.81. The summed E-state index contributed by atoms with van der Waals surface area (Å²) < 4.78 is 0. The summed E-state index contributed by atoms with van der Waals surface area (Å²) in [5.41, 5.74) is 6.50. The second-order valence-electron chi connectivity index (χ2n) is 7.42. The maximum atomic E-state index is 6.50. The molecular weight excluding hydrogens is 220 g/mol. The first-order chi connectivity index (χ1) is 8.47. The molecule has 2 aliphatic heterocycles. The second-order valence-corrected chi connectivity index (χ2v) is 7.42. The zero-order valence-electron chi connectivity index (χ0n) is 12.7. The molecule has 0 amide bonds. The summed E-state index contributed by atoms with van der Waals surface area (Å²) in [5, 5.41) is 0. The molecule has 106 valence electrons. The standard InChI is InChI=1S/C16H32N2/c1-11(2)7-12(3)8-16(17)13-9-14-5-6-15(10-13)18(14)4/h11-16H,5-10,17H2,1-4H3. The predicted octanol–water partition coefficient (Wildman–Crippen LogP) is 3.26. The summed E-state index contributed by atoms with van der Waals surface area (Å²) in [6.45, 7) is 7.01. The monoisotopic (exact) mass is 252 g/mol. The molecule has 4 unspecified atom stereocenters. The zero-order chi connectivity index (χ0) is 13.3. The molecule has 2 aliphatic rings. The van der Waals surface area contributed by atoms with E-state index in [-0.39, 0.29) is 0 Å². The molecule has 4 atom stereocenters. The van der Waals surface area contributed by atoms with Crippen molar-refractivity contribution in [1.29, 1.82) is 0 Å². The van der Waals surface area contributed by atoms with E-state index in [1.807, 2.05) is 0 Å². The normalized spacial score (nSPS) is 36.0. The molecule has 2 nitrogen and oxygen atoms in total. The van der Waals surface area contributed by atoms with Gasteiger partial charge in [0.25, 0.3) is 0 Å². The summed E-state index contributed by atoms with van der Waals surface area (Å²) in [5.74, 6) is 2.38. The van der Waals surface area contributed by atoms with Crippen LogP contribution < -0.4 is 5.73 Å². The Balaban J connectivity index is 1.81. The van der Waals surface area contributed by atoms with Crippen molar-refractivity contribution in [2.75, 3.05) is 7.05 Å². The first kappa shape index (κ1) is 14.3. The van der Waals surface area contributed by atoms with Gasteiger partial charge in [-0.25, -0.2) is 0 Å². The first-order valence-electron chi connectivity index (χ1n) is 7.94. The zero-order valence-corrected chi connectivity index (χ0v) is 12.7. The van der Waals surface area contributed by atoms with E-state index in [2.05, 4.69) is 32.7 Å². The number of piperidine rings is 1. The molecule has 0 radical (unpaired) electrons. The second kappa shape index (κ2) is 5.92. The highest BCUT2D eigenvalue weighted by Gasteiger charge is 2.40. The number of hydrogen-bond donors (Lipinski definition) is 1. The van der Waals surface area contributed by atoms with E-state index < -0.39 is 0 Å². The Bertz CT molecular complexity index is 250. The SMILES string of the molecule is CC(C)CC(C)CC(N)C1CC2CCC(C1)N2C. The van der Waals surface area contributed by atoms with E-state index in [1.54, 1.807) is 0 Å². The van der Waals surface area contributed by atoms with Crippen molar-refractivity contribution in [3.63, 3.8) is 0 Å². The van der Waals surface area contributed by atoms with E-state index in [4.69, 9.17) is 5.73 Å². The largest absolute Gasteiger partial charge is 0.327 e. The van der Waals surface area contributed by atoms with Gasteiger partial charge >= 0.3 is 0 Å². The summed E-state index contributed by atoms with van der Waals surface area (Å²) >= 11 is 0. The molecule has 18 heavy (non-hydrogen) atoms. The number of rotatable bonds is 5. The molecule has 2 N–H and O–H groups in total. The van der Waals surface area contributed by atoms with Gasteiger partial charge in [-0.15, -0.1) is 0 Å². The first-order valence-corrected chi connectivity index (χ1v) is 7.94. The average Bonchev–Trinajstić information content (AvgIpc) is 2.51. The minimum atomic E-state index is 0.440. The molecule has 2 saturated heterocycles. The highest BCUT2D eigenvalue weighted by atomic mass is 15.2. The molecule has 0 aromatic carbocycles. The molecule has 2 fully saturated rings. The summed E-state index contributed by atoms with van der Waals surface area (Å²) in [6.07, 6.45) is 8.07. The van der Waals surface area contributed by atoms with Crippen LogP contribution in [0, 0.1) is 17.8 Å². The van der Waals surface area contributed by atoms with Crippen LogP contribution in [0.2, 0.25) is 0 Å². The maximum absolute atomic E-state index is 6.50. The summed E-state index contributed by atoms with van der Waals surface area (Å²) in [6, 6.07) is 2.11. The van der Waals surface area contributed by atoms with Gasteiger partial charge in [-0.2, -0.15) is 0 Å². The maximum Gasteiger partial charge on any atom is 0.00989 e. The van der Waals surface area contributed by atoms with Crippen molar-refractivity contribution in [3.8, 4) is 0 Å². The van der Waals surface area contributed by atoms with E-state index in [0.29, 0.717) is 6.04 Å². The lowest BCUT2D eigenvalue weighted by molar-refractivity contribution is 0.114. The Morgan fingerprint density at radius 2 is 1.61 bits per heavy atom. The van der Waals surface area contributed by atoms with Gasteiger partial charge in [0.1, 0.15) is 0 Å². The Morgan fingerprint density at radius 1 is 1.06 bits per heavy atom. The van der Waals surface area contributed by atoms with Gasteiger partial charge in [0, 0.05) is 18.1 Å². The fraction of sp³-hybridized carbons (Fsp3) is 1.00. The third kappa shape index (κ3) is 3.27. The van der Waals surface area contributed by atoms with Crippen molar-refractivity contribution < 1.29 is 0 Å². The third-order valence-corrected chi connectivity index (χ3v) is 5.29. The molecule has 2 bridgehead atoms. The topological polar surface area (TPSA) is 29.3 Å². The third-order valence-electron chi connectivity index (χ3n) is 5.29. The molecule has 0 spiro atoms. The Labute approximate surface area is 113 Å². The minimum Gasteiger partial charge on any atom is -0.327 e. The molecule has 0 saturated carbocycles. The fourth-order valence-electron chi connectivity index (χ4n) is 4.36. The fourth-order valence-corrected chi connectivity index (χ4v) is 4.36. The average molecular weight is 252 g/mol. The molecule has 0 aromatic rings. The van der Waals surface area contributed by atoms with Gasteiger partial charge in [0.2, 0.25) is 0 Å². The van der Waals surface area contributed by atoms with Gasteiger partial charge in [-0.05, 0) is 63.3 Å². The van der Waals surface area contributed by atoms with Crippen LogP contribution in [0.4, 0.5) is 0 Å². The van der Waals surface area contributed by atoms with Crippen molar-refractivity contribution in [2.24, 2.45) is 23.5 Å². The van der Waals surface area contributed by atoms with Crippen LogP contribution in [0.1, 0.15) is 59.3 Å². The molecule has 0 aromatic heterocycles.